The van der Waals surface area contributed by atoms with Gasteiger partial charge in [0.2, 0.25) is 0 Å². The minimum Gasteiger partial charge on any atom is -0.870 e. The van der Waals surface area contributed by atoms with Gasteiger partial charge in [-0.2, -0.15) is 0 Å². The van der Waals surface area contributed by atoms with Crippen LogP contribution in [0.1, 0.15) is 0 Å². The molecular formula is H5AlO5Pb-3. The van der Waals surface area contributed by atoms with Crippen LogP contribution in [0.5, 0.6) is 0 Å². The summed E-state index contributed by atoms with van der Waals surface area (Å²) in [7, 11) is 0. The molecule has 0 atom stereocenters. The largest absolute Gasteiger partial charge is 2.00 e. The second kappa shape index (κ2) is 180. The Morgan fingerprint density at radius 1 is 0.429 bits per heavy atom. The molecule has 7 heteroatoms. The topological polar surface area (TPSA) is 150 Å². The molecule has 7 heavy (non-hydrogen) atoms. The Kier molecular flexibility index (Phi) is 7110. The van der Waals surface area contributed by atoms with Gasteiger partial charge < -0.3 is 27.4 Å². The molecule has 0 spiro atoms. The third kappa shape index (κ3) is 127. The fraction of sp³-hybridized carbons (Fsp3) is 0. The third-order valence-corrected chi connectivity index (χ3v) is 0. The van der Waals surface area contributed by atoms with Crippen molar-refractivity contribution in [1.82, 2.24) is 0 Å². The van der Waals surface area contributed by atoms with Crippen molar-refractivity contribution in [3.05, 3.63) is 0 Å². The summed E-state index contributed by atoms with van der Waals surface area (Å²) in [6.45, 7) is 0. The van der Waals surface area contributed by atoms with E-state index in [9.17, 15) is 0 Å². The van der Waals surface area contributed by atoms with E-state index >= 15 is 0 Å². The Balaban J connectivity index is 0. The normalized spacial score (nSPS) is 0. The van der Waals surface area contributed by atoms with E-state index in [2.05, 4.69) is 0 Å². The molecule has 0 unspecified atom stereocenters. The Labute approximate surface area is 71.9 Å². The maximum Gasteiger partial charge on any atom is 2.00 e. The second-order valence-electron chi connectivity index (χ2n) is 0. The van der Waals surface area contributed by atoms with Gasteiger partial charge in [-0.05, 0) is 0 Å². The average Bonchev–Trinajstić information content (AvgIpc) is 0. The molecule has 0 amide bonds. The summed E-state index contributed by atoms with van der Waals surface area (Å²) in [5, 5.41) is 0. The minimum atomic E-state index is 0. The van der Waals surface area contributed by atoms with Gasteiger partial charge >= 0.3 is 27.3 Å². The van der Waals surface area contributed by atoms with E-state index in [1.807, 2.05) is 0 Å². The van der Waals surface area contributed by atoms with Crippen molar-refractivity contribution in [2.24, 2.45) is 0 Å². The van der Waals surface area contributed by atoms with Crippen LogP contribution in [0.2, 0.25) is 0 Å². The van der Waals surface area contributed by atoms with Crippen molar-refractivity contribution in [1.29, 1.82) is 0 Å². The molecule has 0 aliphatic heterocycles. The first-order chi connectivity index (χ1) is 0. The smallest absolute Gasteiger partial charge is 0.870 e. The minimum absolute atomic E-state index is 0. The quantitative estimate of drug-likeness (QED) is 0.490. The fourth-order valence-corrected chi connectivity index (χ4v) is 0. The molecule has 0 fully saturated rings. The molecule has 0 saturated carbocycles. The summed E-state index contributed by atoms with van der Waals surface area (Å²) in [6.07, 6.45) is 0. The molecule has 0 rings (SSSR count). The maximum atomic E-state index is 0. The molecule has 45 valence electrons. The number of hydrogen-bond donors (Lipinski definition) is 0. The number of rotatable bonds is 0. The molecule has 0 saturated heterocycles. The van der Waals surface area contributed by atoms with Gasteiger partial charge in [0.15, 0.2) is 0 Å². The van der Waals surface area contributed by atoms with Gasteiger partial charge in [0.25, 0.3) is 0 Å². The van der Waals surface area contributed by atoms with Gasteiger partial charge in [0.1, 0.15) is 0 Å². The summed E-state index contributed by atoms with van der Waals surface area (Å²) in [5.74, 6) is 0. The summed E-state index contributed by atoms with van der Waals surface area (Å²) in [4.78, 5) is 0. The van der Waals surface area contributed by atoms with Crippen molar-refractivity contribution < 1.29 is 27.4 Å². The van der Waals surface area contributed by atoms with Crippen LogP contribution < -0.4 is 0 Å². The van der Waals surface area contributed by atoms with Gasteiger partial charge in [-0.3, -0.25) is 0 Å². The molecule has 0 heterocycles. The van der Waals surface area contributed by atoms with E-state index in [1.54, 1.807) is 0 Å². The van der Waals surface area contributed by atoms with Crippen LogP contribution in [0.3, 0.4) is 0 Å². The van der Waals surface area contributed by atoms with E-state index < -0.39 is 0 Å². The molecule has 5 nitrogen and oxygen atoms in total. The van der Waals surface area contributed by atoms with Crippen LogP contribution in [0.15, 0.2) is 0 Å². The monoisotopic (exact) mass is 320 g/mol. The zero-order valence-corrected chi connectivity index (χ0v) is 8.36. The SMILES string of the molecule is [Al].[OH-].[OH-].[OH-].[OH-].[OH-].[Pb+2]. The molecule has 0 bridgehead atoms. The van der Waals surface area contributed by atoms with Crippen molar-refractivity contribution in [3.8, 4) is 0 Å². The zero-order valence-electron chi connectivity index (χ0n) is 3.31. The van der Waals surface area contributed by atoms with Gasteiger partial charge in [-0.1, -0.05) is 0 Å². The Bertz CT molecular complexity index is 8.04. The molecule has 0 aliphatic rings. The van der Waals surface area contributed by atoms with Crippen molar-refractivity contribution in [2.75, 3.05) is 0 Å². The first-order valence-corrected chi connectivity index (χ1v) is 0. The van der Waals surface area contributed by atoms with E-state index in [4.69, 9.17) is 0 Å². The van der Waals surface area contributed by atoms with Crippen LogP contribution in [0.25, 0.3) is 0 Å². The Morgan fingerprint density at radius 3 is 0.429 bits per heavy atom. The second-order valence-corrected chi connectivity index (χ2v) is 0. The fourth-order valence-electron chi connectivity index (χ4n) is 0. The average molecular weight is 319 g/mol. The van der Waals surface area contributed by atoms with Crippen LogP contribution in [-0.2, 0) is 0 Å². The van der Waals surface area contributed by atoms with Gasteiger partial charge in [0, 0.05) is 17.4 Å². The Hall–Kier alpha value is 1.25. The van der Waals surface area contributed by atoms with Crippen LogP contribution in [0, 0.1) is 0 Å². The molecule has 0 aromatic rings. The van der Waals surface area contributed by atoms with E-state index in [0.29, 0.717) is 0 Å². The van der Waals surface area contributed by atoms with Gasteiger partial charge in [0.05, 0.1) is 0 Å². The summed E-state index contributed by atoms with van der Waals surface area (Å²) in [5.41, 5.74) is 0. The van der Waals surface area contributed by atoms with Crippen LogP contribution in [0.4, 0.5) is 0 Å². The standard InChI is InChI=1S/Al.5H2O.Pb/h;5*1H2;/q;;;;;;+2/p-5. The summed E-state index contributed by atoms with van der Waals surface area (Å²) < 4.78 is 0. The molecule has 5 N–H and O–H groups in total. The van der Waals surface area contributed by atoms with Crippen molar-refractivity contribution in [2.45, 2.75) is 0 Å². The predicted molar refractivity (Wildman–Crippen MR) is 21.2 cm³/mol. The molecular weight excluding hydrogens is 314 g/mol. The predicted octanol–water partition coefficient (Wildman–Crippen LogP) is -1.65. The van der Waals surface area contributed by atoms with Crippen molar-refractivity contribution in [3.63, 3.8) is 0 Å². The van der Waals surface area contributed by atoms with E-state index in [1.165, 1.54) is 0 Å². The zero-order chi connectivity index (χ0) is 0. The molecule has 5 radical (unpaired) electrons. The summed E-state index contributed by atoms with van der Waals surface area (Å²) >= 11 is 0. The van der Waals surface area contributed by atoms with Gasteiger partial charge in [-0.25, -0.2) is 0 Å². The molecule has 0 aliphatic carbocycles. The van der Waals surface area contributed by atoms with E-state index in [0.717, 1.165) is 0 Å². The summed E-state index contributed by atoms with van der Waals surface area (Å²) in [6, 6.07) is 0. The van der Waals surface area contributed by atoms with Crippen LogP contribution >= 0.6 is 0 Å². The number of hydrogen-bond acceptors (Lipinski definition) is 5. The van der Waals surface area contributed by atoms with Crippen molar-refractivity contribution >= 4 is 44.7 Å². The maximum absolute atomic E-state index is 0. The molecule has 0 aromatic carbocycles. The van der Waals surface area contributed by atoms with Crippen LogP contribution in [-0.4, -0.2) is 72.0 Å². The van der Waals surface area contributed by atoms with E-state index in [-0.39, 0.29) is 72.0 Å². The first kappa shape index (κ1) is 276. The first-order valence-electron chi connectivity index (χ1n) is 0. The third-order valence-electron chi connectivity index (χ3n) is 0. The Morgan fingerprint density at radius 2 is 0.429 bits per heavy atom. The van der Waals surface area contributed by atoms with Gasteiger partial charge in [-0.15, -0.1) is 0 Å². The molecule has 0 aromatic heterocycles.